The Morgan fingerprint density at radius 2 is 1.92 bits per heavy atom. The molecule has 0 radical (unpaired) electrons. The van der Waals surface area contributed by atoms with Gasteiger partial charge in [-0.05, 0) is 24.3 Å². The zero-order valence-electron chi connectivity index (χ0n) is 14.1. The van der Waals surface area contributed by atoms with Crippen molar-refractivity contribution in [3.05, 3.63) is 41.7 Å². The molecule has 1 aliphatic heterocycles. The van der Waals surface area contributed by atoms with Gasteiger partial charge in [-0.3, -0.25) is 14.5 Å². The lowest BCUT2D eigenvalue weighted by Gasteiger charge is -2.34. The number of aromatic nitrogens is 1. The molecule has 1 N–H and O–H groups in total. The normalized spacial score (nSPS) is 14.9. The maximum Gasteiger partial charge on any atom is 0.260 e. The van der Waals surface area contributed by atoms with Crippen molar-refractivity contribution < 1.29 is 18.7 Å². The molecule has 1 saturated heterocycles. The number of nitrogens with zero attached hydrogens (tertiary/aromatic N) is 3. The minimum atomic E-state index is -0.348. The summed E-state index contributed by atoms with van der Waals surface area (Å²) in [6.45, 7) is 2.50. The number of thiazole rings is 1. The van der Waals surface area contributed by atoms with Crippen molar-refractivity contribution in [1.82, 2.24) is 14.8 Å². The third kappa shape index (κ3) is 5.24. The molecule has 9 heteroatoms. The lowest BCUT2D eigenvalue weighted by atomic mass is 10.3. The van der Waals surface area contributed by atoms with Crippen molar-refractivity contribution in [2.75, 3.05) is 44.6 Å². The Bertz CT molecular complexity index is 731. The van der Waals surface area contributed by atoms with Crippen molar-refractivity contribution in [2.45, 2.75) is 0 Å². The number of carbonyl (C=O) groups is 2. The summed E-state index contributed by atoms with van der Waals surface area (Å²) >= 11 is 1.37. The number of ether oxygens (including phenoxy) is 1. The molecule has 2 amide bonds. The van der Waals surface area contributed by atoms with E-state index in [2.05, 4.69) is 10.3 Å². The van der Waals surface area contributed by atoms with E-state index in [1.807, 2.05) is 4.90 Å². The average molecular weight is 378 g/mol. The van der Waals surface area contributed by atoms with E-state index in [0.29, 0.717) is 37.1 Å². The van der Waals surface area contributed by atoms with Gasteiger partial charge in [0.05, 0.1) is 6.54 Å². The summed E-state index contributed by atoms with van der Waals surface area (Å²) in [7, 11) is 0. The maximum atomic E-state index is 12.8. The first-order valence-corrected chi connectivity index (χ1v) is 9.06. The summed E-state index contributed by atoms with van der Waals surface area (Å²) in [4.78, 5) is 31.9. The highest BCUT2D eigenvalue weighted by atomic mass is 32.1. The lowest BCUT2D eigenvalue weighted by Crippen LogP contribution is -2.51. The lowest BCUT2D eigenvalue weighted by molar-refractivity contribution is -0.135. The first-order chi connectivity index (χ1) is 12.6. The topological polar surface area (TPSA) is 74.8 Å². The molecular formula is C17H19FN4O3S. The van der Waals surface area contributed by atoms with E-state index in [1.165, 1.54) is 35.6 Å². The van der Waals surface area contributed by atoms with Gasteiger partial charge in [0.2, 0.25) is 5.91 Å². The van der Waals surface area contributed by atoms with Crippen molar-refractivity contribution in [1.29, 1.82) is 0 Å². The minimum Gasteiger partial charge on any atom is -0.484 e. The first-order valence-electron chi connectivity index (χ1n) is 8.18. The van der Waals surface area contributed by atoms with E-state index in [0.717, 1.165) is 0 Å². The summed E-state index contributed by atoms with van der Waals surface area (Å²) in [6.07, 6.45) is 1.64. The molecule has 0 aliphatic carbocycles. The summed E-state index contributed by atoms with van der Waals surface area (Å²) in [5.74, 6) is -0.128. The van der Waals surface area contributed by atoms with Crippen LogP contribution in [0.25, 0.3) is 0 Å². The average Bonchev–Trinajstić information content (AvgIpc) is 3.14. The second-order valence-electron chi connectivity index (χ2n) is 5.78. The third-order valence-electron chi connectivity index (χ3n) is 3.95. The van der Waals surface area contributed by atoms with Crippen molar-refractivity contribution in [3.8, 4) is 5.75 Å². The van der Waals surface area contributed by atoms with E-state index < -0.39 is 0 Å². The largest absolute Gasteiger partial charge is 0.484 e. The summed E-state index contributed by atoms with van der Waals surface area (Å²) < 4.78 is 18.2. The van der Waals surface area contributed by atoms with Crippen LogP contribution in [-0.4, -0.2) is 65.9 Å². The van der Waals surface area contributed by atoms with Gasteiger partial charge >= 0.3 is 0 Å². The molecule has 138 valence electrons. The molecule has 0 unspecified atom stereocenters. The number of anilines is 1. The summed E-state index contributed by atoms with van der Waals surface area (Å²) in [6, 6.07) is 5.55. The first kappa shape index (κ1) is 18.3. The van der Waals surface area contributed by atoms with Crippen molar-refractivity contribution in [3.63, 3.8) is 0 Å². The fraction of sp³-hybridized carbons (Fsp3) is 0.353. The van der Waals surface area contributed by atoms with Crippen molar-refractivity contribution in [2.24, 2.45) is 0 Å². The van der Waals surface area contributed by atoms with Crippen LogP contribution in [0.4, 0.5) is 9.52 Å². The van der Waals surface area contributed by atoms with Gasteiger partial charge in [0.1, 0.15) is 11.6 Å². The molecule has 0 saturated carbocycles. The monoisotopic (exact) mass is 378 g/mol. The summed E-state index contributed by atoms with van der Waals surface area (Å²) in [5, 5.41) is 5.13. The fourth-order valence-electron chi connectivity index (χ4n) is 2.57. The predicted octanol–water partition coefficient (Wildman–Crippen LogP) is 1.44. The molecule has 1 aliphatic rings. The van der Waals surface area contributed by atoms with E-state index in [-0.39, 0.29) is 30.8 Å². The number of benzene rings is 1. The smallest absolute Gasteiger partial charge is 0.260 e. The number of amides is 2. The minimum absolute atomic E-state index is 0.0871. The van der Waals surface area contributed by atoms with Crippen LogP contribution < -0.4 is 10.1 Å². The van der Waals surface area contributed by atoms with Gasteiger partial charge in [0, 0.05) is 37.8 Å². The zero-order chi connectivity index (χ0) is 18.4. The number of hydrogen-bond acceptors (Lipinski definition) is 6. The number of nitrogens with one attached hydrogen (secondary N) is 1. The Hall–Kier alpha value is -2.52. The van der Waals surface area contributed by atoms with E-state index >= 15 is 0 Å². The van der Waals surface area contributed by atoms with Crippen LogP contribution in [0.3, 0.4) is 0 Å². The van der Waals surface area contributed by atoms with E-state index in [1.54, 1.807) is 16.5 Å². The van der Waals surface area contributed by atoms with Gasteiger partial charge in [-0.2, -0.15) is 0 Å². The quantitative estimate of drug-likeness (QED) is 0.823. The summed E-state index contributed by atoms with van der Waals surface area (Å²) in [5.41, 5.74) is 0. The molecule has 1 fully saturated rings. The van der Waals surface area contributed by atoms with Gasteiger partial charge in [-0.1, -0.05) is 0 Å². The SMILES string of the molecule is O=C(CN1CCN(C(=O)COc2ccc(F)cc2)CC1)Nc1nccs1. The van der Waals surface area contributed by atoms with Crippen molar-refractivity contribution >= 4 is 28.3 Å². The molecule has 2 aromatic rings. The van der Waals surface area contributed by atoms with Gasteiger partial charge < -0.3 is 15.0 Å². The Morgan fingerprint density at radius 1 is 1.19 bits per heavy atom. The van der Waals surface area contributed by atoms with Crippen LogP contribution in [0, 0.1) is 5.82 Å². The molecular weight excluding hydrogens is 359 g/mol. The van der Waals surface area contributed by atoms with Crippen LogP contribution in [-0.2, 0) is 9.59 Å². The van der Waals surface area contributed by atoms with Gasteiger partial charge in [-0.15, -0.1) is 11.3 Å². The van der Waals surface area contributed by atoms with E-state index in [4.69, 9.17) is 4.74 Å². The molecule has 2 heterocycles. The predicted molar refractivity (Wildman–Crippen MR) is 95.7 cm³/mol. The van der Waals surface area contributed by atoms with E-state index in [9.17, 15) is 14.0 Å². The van der Waals surface area contributed by atoms with Crippen LogP contribution in [0.1, 0.15) is 0 Å². The van der Waals surface area contributed by atoms with Crippen LogP contribution in [0.2, 0.25) is 0 Å². The van der Waals surface area contributed by atoms with Gasteiger partial charge in [0.25, 0.3) is 5.91 Å². The highest BCUT2D eigenvalue weighted by molar-refractivity contribution is 7.13. The molecule has 0 bridgehead atoms. The maximum absolute atomic E-state index is 12.8. The zero-order valence-corrected chi connectivity index (χ0v) is 14.9. The molecule has 3 rings (SSSR count). The molecule has 1 aromatic carbocycles. The number of hydrogen-bond donors (Lipinski definition) is 1. The molecule has 0 atom stereocenters. The van der Waals surface area contributed by atoms with Crippen LogP contribution in [0.5, 0.6) is 5.75 Å². The highest BCUT2D eigenvalue weighted by Gasteiger charge is 2.22. The highest BCUT2D eigenvalue weighted by Crippen LogP contribution is 2.12. The molecule has 0 spiro atoms. The Morgan fingerprint density at radius 3 is 2.58 bits per heavy atom. The second-order valence-corrected chi connectivity index (χ2v) is 6.68. The van der Waals surface area contributed by atoms with Crippen LogP contribution >= 0.6 is 11.3 Å². The number of halogens is 1. The molecule has 1 aromatic heterocycles. The fourth-order valence-corrected chi connectivity index (χ4v) is 3.11. The van der Waals surface area contributed by atoms with Gasteiger partial charge in [0.15, 0.2) is 11.7 Å². The molecule has 26 heavy (non-hydrogen) atoms. The third-order valence-corrected chi connectivity index (χ3v) is 4.64. The Kier molecular flexibility index (Phi) is 6.13. The van der Waals surface area contributed by atoms with Gasteiger partial charge in [-0.25, -0.2) is 9.37 Å². The van der Waals surface area contributed by atoms with Crippen LogP contribution in [0.15, 0.2) is 35.8 Å². The number of rotatable bonds is 6. The second kappa shape index (κ2) is 8.72. The number of piperazine rings is 1. The number of carbonyl (C=O) groups excluding carboxylic acids is 2. The Labute approximate surface area is 154 Å². The standard InChI is InChI=1S/C17H19FN4O3S/c18-13-1-3-14(4-2-13)25-12-16(24)22-8-6-21(7-9-22)11-15(23)20-17-19-5-10-26-17/h1-5,10H,6-9,11-12H2,(H,19,20,23). The molecule has 7 nitrogen and oxygen atoms in total. The Balaban J connectivity index is 1.38.